The van der Waals surface area contributed by atoms with E-state index >= 15 is 0 Å². The number of fused-ring (bicyclic) bond motifs is 1. The van der Waals surface area contributed by atoms with Crippen molar-refractivity contribution < 1.29 is 9.52 Å². The first-order valence-corrected chi connectivity index (χ1v) is 7.09. The summed E-state index contributed by atoms with van der Waals surface area (Å²) in [6.07, 6.45) is 0. The van der Waals surface area contributed by atoms with Gasteiger partial charge in [0.25, 0.3) is 0 Å². The summed E-state index contributed by atoms with van der Waals surface area (Å²) < 4.78 is 6.77. The molecule has 1 aromatic heterocycles. The molecule has 0 aliphatic carbocycles. The minimum absolute atomic E-state index is 0.0118. The Labute approximate surface area is 128 Å². The maximum Gasteiger partial charge on any atom is 0.228 e. The Morgan fingerprint density at radius 2 is 2.05 bits per heavy atom. The SMILES string of the molecule is OCc1ccc2oc(-c3cc(I)ccc3Cl)nc2c1. The van der Waals surface area contributed by atoms with Crippen LogP contribution in [-0.2, 0) is 6.61 Å². The van der Waals surface area contributed by atoms with Gasteiger partial charge in [0.05, 0.1) is 17.2 Å². The predicted molar refractivity (Wildman–Crippen MR) is 83.1 cm³/mol. The molecule has 0 fully saturated rings. The van der Waals surface area contributed by atoms with E-state index in [1.54, 1.807) is 6.07 Å². The summed E-state index contributed by atoms with van der Waals surface area (Å²) in [4.78, 5) is 4.43. The van der Waals surface area contributed by atoms with Crippen molar-refractivity contribution >= 4 is 45.3 Å². The third-order valence-electron chi connectivity index (χ3n) is 2.79. The van der Waals surface area contributed by atoms with E-state index in [4.69, 9.17) is 21.1 Å². The summed E-state index contributed by atoms with van der Waals surface area (Å²) in [6, 6.07) is 11.1. The number of hydrogen-bond donors (Lipinski definition) is 1. The molecule has 96 valence electrons. The van der Waals surface area contributed by atoms with Crippen molar-refractivity contribution in [1.82, 2.24) is 4.98 Å². The molecule has 0 aliphatic rings. The summed E-state index contributed by atoms with van der Waals surface area (Å²) in [5.74, 6) is 0.494. The minimum Gasteiger partial charge on any atom is -0.436 e. The fourth-order valence-corrected chi connectivity index (χ4v) is 2.54. The van der Waals surface area contributed by atoms with Gasteiger partial charge in [-0.3, -0.25) is 0 Å². The summed E-state index contributed by atoms with van der Waals surface area (Å²) in [5.41, 5.74) is 2.98. The van der Waals surface area contributed by atoms with Gasteiger partial charge in [-0.1, -0.05) is 17.7 Å². The molecule has 3 aromatic rings. The molecule has 0 unspecified atom stereocenters. The van der Waals surface area contributed by atoms with Crippen molar-refractivity contribution in [3.8, 4) is 11.5 Å². The standard InChI is InChI=1S/C14H9ClINO2/c15-11-3-2-9(16)6-10(11)14-17-12-5-8(7-18)1-4-13(12)19-14/h1-6,18H,7H2. The molecule has 1 N–H and O–H groups in total. The largest absolute Gasteiger partial charge is 0.436 e. The van der Waals surface area contributed by atoms with Crippen molar-refractivity contribution in [1.29, 1.82) is 0 Å². The Hall–Kier alpha value is -1.11. The van der Waals surface area contributed by atoms with Crippen LogP contribution in [0.4, 0.5) is 0 Å². The van der Waals surface area contributed by atoms with Crippen LogP contribution < -0.4 is 0 Å². The van der Waals surface area contributed by atoms with E-state index in [2.05, 4.69) is 27.6 Å². The Balaban J connectivity index is 2.17. The highest BCUT2D eigenvalue weighted by atomic mass is 127. The van der Waals surface area contributed by atoms with E-state index in [0.29, 0.717) is 16.5 Å². The number of hydrogen-bond acceptors (Lipinski definition) is 3. The van der Waals surface area contributed by atoms with E-state index < -0.39 is 0 Å². The molecule has 1 heterocycles. The Morgan fingerprint density at radius 3 is 2.84 bits per heavy atom. The maximum atomic E-state index is 9.12. The summed E-state index contributed by atoms with van der Waals surface area (Å²) >= 11 is 8.39. The highest BCUT2D eigenvalue weighted by molar-refractivity contribution is 14.1. The van der Waals surface area contributed by atoms with Gasteiger partial charge in [-0.15, -0.1) is 0 Å². The van der Waals surface area contributed by atoms with Crippen LogP contribution >= 0.6 is 34.2 Å². The smallest absolute Gasteiger partial charge is 0.228 e. The molecule has 3 rings (SSSR count). The van der Waals surface area contributed by atoms with Gasteiger partial charge in [0, 0.05) is 3.57 Å². The number of aromatic nitrogens is 1. The average molecular weight is 386 g/mol. The fraction of sp³-hybridized carbons (Fsp3) is 0.0714. The van der Waals surface area contributed by atoms with Gasteiger partial charge in [-0.05, 0) is 58.5 Å². The third kappa shape index (κ3) is 2.48. The minimum atomic E-state index is -0.0118. The second-order valence-corrected chi connectivity index (χ2v) is 5.76. The van der Waals surface area contributed by atoms with Gasteiger partial charge in [-0.2, -0.15) is 0 Å². The number of aliphatic hydroxyl groups is 1. The van der Waals surface area contributed by atoms with Crippen LogP contribution in [0.15, 0.2) is 40.8 Å². The first-order valence-electron chi connectivity index (χ1n) is 5.63. The average Bonchev–Trinajstić information content (AvgIpc) is 2.83. The normalized spacial score (nSPS) is 11.1. The second-order valence-electron chi connectivity index (χ2n) is 4.10. The van der Waals surface area contributed by atoms with Crippen molar-refractivity contribution in [2.45, 2.75) is 6.61 Å². The highest BCUT2D eigenvalue weighted by Crippen LogP contribution is 2.31. The Kier molecular flexibility index (Phi) is 3.47. The summed E-state index contributed by atoms with van der Waals surface area (Å²) in [6.45, 7) is -0.0118. The van der Waals surface area contributed by atoms with Gasteiger partial charge >= 0.3 is 0 Å². The van der Waals surface area contributed by atoms with Crippen LogP contribution in [-0.4, -0.2) is 10.1 Å². The van der Waals surface area contributed by atoms with E-state index in [-0.39, 0.29) is 6.61 Å². The molecule has 0 radical (unpaired) electrons. The molecule has 0 amide bonds. The lowest BCUT2D eigenvalue weighted by Gasteiger charge is -1.99. The van der Waals surface area contributed by atoms with Gasteiger partial charge in [0.2, 0.25) is 5.89 Å². The third-order valence-corrected chi connectivity index (χ3v) is 3.79. The van der Waals surface area contributed by atoms with E-state index in [1.165, 1.54) is 0 Å². The quantitative estimate of drug-likeness (QED) is 0.671. The molecule has 0 atom stereocenters. The van der Waals surface area contributed by atoms with Gasteiger partial charge < -0.3 is 9.52 Å². The maximum absolute atomic E-state index is 9.12. The van der Waals surface area contributed by atoms with Crippen molar-refractivity contribution in [2.24, 2.45) is 0 Å². The molecule has 5 heteroatoms. The zero-order valence-electron chi connectivity index (χ0n) is 9.73. The zero-order chi connectivity index (χ0) is 13.4. The van der Waals surface area contributed by atoms with E-state index in [9.17, 15) is 0 Å². The second kappa shape index (κ2) is 5.11. The molecule has 19 heavy (non-hydrogen) atoms. The number of rotatable bonds is 2. The lowest BCUT2D eigenvalue weighted by molar-refractivity contribution is 0.282. The fourth-order valence-electron chi connectivity index (χ4n) is 1.85. The van der Waals surface area contributed by atoms with E-state index in [0.717, 1.165) is 20.2 Å². The van der Waals surface area contributed by atoms with Crippen LogP contribution in [0.25, 0.3) is 22.6 Å². The van der Waals surface area contributed by atoms with Gasteiger partial charge in [-0.25, -0.2) is 4.98 Å². The number of halogens is 2. The van der Waals surface area contributed by atoms with E-state index in [1.807, 2.05) is 30.3 Å². The molecule has 0 saturated carbocycles. The van der Waals surface area contributed by atoms with Crippen LogP contribution in [0.2, 0.25) is 5.02 Å². The lowest BCUT2D eigenvalue weighted by atomic mass is 10.2. The zero-order valence-corrected chi connectivity index (χ0v) is 12.6. The van der Waals surface area contributed by atoms with Crippen LogP contribution in [0, 0.1) is 3.57 Å². The first kappa shape index (κ1) is 12.9. The highest BCUT2D eigenvalue weighted by Gasteiger charge is 2.12. The molecular weight excluding hydrogens is 377 g/mol. The lowest BCUT2D eigenvalue weighted by Crippen LogP contribution is -1.82. The number of benzene rings is 2. The van der Waals surface area contributed by atoms with Crippen LogP contribution in [0.3, 0.4) is 0 Å². The molecular formula is C14H9ClINO2. The number of aliphatic hydroxyl groups excluding tert-OH is 1. The van der Waals surface area contributed by atoms with Crippen LogP contribution in [0.1, 0.15) is 5.56 Å². The number of oxazole rings is 1. The van der Waals surface area contributed by atoms with Crippen LogP contribution in [0.5, 0.6) is 0 Å². The topological polar surface area (TPSA) is 46.3 Å². The number of nitrogens with zero attached hydrogens (tertiary/aromatic N) is 1. The molecule has 2 aromatic carbocycles. The van der Waals surface area contributed by atoms with Gasteiger partial charge in [0.1, 0.15) is 5.52 Å². The molecule has 0 spiro atoms. The monoisotopic (exact) mass is 385 g/mol. The molecule has 0 aliphatic heterocycles. The predicted octanol–water partition coefficient (Wildman–Crippen LogP) is 4.25. The van der Waals surface area contributed by atoms with Gasteiger partial charge in [0.15, 0.2) is 5.58 Å². The first-order chi connectivity index (χ1) is 9.17. The molecule has 0 bridgehead atoms. The molecule has 0 saturated heterocycles. The summed E-state index contributed by atoms with van der Waals surface area (Å²) in [7, 11) is 0. The Morgan fingerprint density at radius 1 is 1.21 bits per heavy atom. The van der Waals surface area contributed by atoms with Crippen molar-refractivity contribution in [3.05, 3.63) is 50.6 Å². The Bertz CT molecular complexity index is 754. The van der Waals surface area contributed by atoms with Crippen molar-refractivity contribution in [3.63, 3.8) is 0 Å². The van der Waals surface area contributed by atoms with Crippen molar-refractivity contribution in [2.75, 3.05) is 0 Å². The summed E-state index contributed by atoms with van der Waals surface area (Å²) in [5, 5.41) is 9.73. The molecule has 3 nitrogen and oxygen atoms in total.